The minimum Gasteiger partial charge on any atom is -0.468 e. The molecule has 0 aliphatic heterocycles. The standard InChI is InChI=1S/C13H24O4/c1-12(7-4-5-9-14)13(16)8-3-2-6-10-17-11-15/h11-12,14H,2-10H2,1H3. The lowest BCUT2D eigenvalue weighted by molar-refractivity contribution is -0.129. The SMILES string of the molecule is CC(CCCCO)C(=O)CCCCCOC=O. The minimum absolute atomic E-state index is 0.104. The third-order valence-electron chi connectivity index (χ3n) is 2.85. The van der Waals surface area contributed by atoms with Gasteiger partial charge in [-0.2, -0.15) is 0 Å². The van der Waals surface area contributed by atoms with Crippen LogP contribution in [-0.2, 0) is 14.3 Å². The molecule has 1 N–H and O–H groups in total. The van der Waals surface area contributed by atoms with Crippen molar-refractivity contribution in [2.75, 3.05) is 13.2 Å². The Morgan fingerprint density at radius 3 is 2.65 bits per heavy atom. The zero-order valence-corrected chi connectivity index (χ0v) is 10.7. The summed E-state index contributed by atoms with van der Waals surface area (Å²) in [5, 5.41) is 8.64. The highest BCUT2D eigenvalue weighted by atomic mass is 16.5. The number of aliphatic hydroxyl groups excluding tert-OH is 1. The van der Waals surface area contributed by atoms with Gasteiger partial charge >= 0.3 is 0 Å². The number of ketones is 1. The van der Waals surface area contributed by atoms with E-state index in [4.69, 9.17) is 5.11 Å². The highest BCUT2D eigenvalue weighted by Gasteiger charge is 2.11. The fraction of sp³-hybridized carbons (Fsp3) is 0.846. The lowest BCUT2D eigenvalue weighted by Crippen LogP contribution is -2.11. The van der Waals surface area contributed by atoms with Crippen LogP contribution >= 0.6 is 0 Å². The Bertz CT molecular complexity index is 204. The minimum atomic E-state index is 0.104. The molecule has 0 spiro atoms. The van der Waals surface area contributed by atoms with Crippen LogP contribution in [0.15, 0.2) is 0 Å². The first kappa shape index (κ1) is 16.1. The predicted octanol–water partition coefficient (Wildman–Crippen LogP) is 2.09. The van der Waals surface area contributed by atoms with Crippen LogP contribution in [0.3, 0.4) is 0 Å². The Hall–Kier alpha value is -0.900. The Kier molecular flexibility index (Phi) is 11.0. The number of hydrogen-bond acceptors (Lipinski definition) is 4. The second-order valence-electron chi connectivity index (χ2n) is 4.36. The molecule has 1 atom stereocenters. The Balaban J connectivity index is 3.40. The summed E-state index contributed by atoms with van der Waals surface area (Å²) in [6, 6.07) is 0. The molecule has 0 fully saturated rings. The molecule has 4 nitrogen and oxygen atoms in total. The van der Waals surface area contributed by atoms with E-state index in [1.165, 1.54) is 0 Å². The van der Waals surface area contributed by atoms with E-state index in [2.05, 4.69) is 4.74 Å². The number of aliphatic hydroxyl groups is 1. The smallest absolute Gasteiger partial charge is 0.293 e. The van der Waals surface area contributed by atoms with Gasteiger partial charge in [-0.1, -0.05) is 13.3 Å². The molecule has 1 unspecified atom stereocenters. The zero-order chi connectivity index (χ0) is 12.9. The van der Waals surface area contributed by atoms with Gasteiger partial charge in [-0.15, -0.1) is 0 Å². The Labute approximate surface area is 103 Å². The van der Waals surface area contributed by atoms with Crippen molar-refractivity contribution < 1.29 is 19.4 Å². The number of rotatable bonds is 12. The molecule has 0 saturated carbocycles. The molecular formula is C13H24O4. The quantitative estimate of drug-likeness (QED) is 0.422. The Morgan fingerprint density at radius 1 is 1.24 bits per heavy atom. The second kappa shape index (κ2) is 11.6. The number of carbonyl (C=O) groups excluding carboxylic acids is 2. The normalized spacial score (nSPS) is 12.1. The first-order chi connectivity index (χ1) is 8.22. The van der Waals surface area contributed by atoms with E-state index in [1.54, 1.807) is 0 Å². The highest BCUT2D eigenvalue weighted by molar-refractivity contribution is 5.80. The third kappa shape index (κ3) is 10.00. The monoisotopic (exact) mass is 244 g/mol. The maximum absolute atomic E-state index is 11.7. The molecule has 17 heavy (non-hydrogen) atoms. The van der Waals surface area contributed by atoms with E-state index in [-0.39, 0.29) is 12.5 Å². The molecule has 0 aliphatic rings. The van der Waals surface area contributed by atoms with Gasteiger partial charge in [0.05, 0.1) is 6.61 Å². The van der Waals surface area contributed by atoms with Gasteiger partial charge in [-0.05, 0) is 32.1 Å². The lowest BCUT2D eigenvalue weighted by Gasteiger charge is -2.09. The molecule has 4 heteroatoms. The first-order valence-corrected chi connectivity index (χ1v) is 6.41. The summed E-state index contributed by atoms with van der Waals surface area (Å²) in [7, 11) is 0. The van der Waals surface area contributed by atoms with Crippen LogP contribution in [0.4, 0.5) is 0 Å². The van der Waals surface area contributed by atoms with Gasteiger partial charge in [-0.3, -0.25) is 9.59 Å². The second-order valence-corrected chi connectivity index (χ2v) is 4.36. The largest absolute Gasteiger partial charge is 0.468 e. The van der Waals surface area contributed by atoms with Crippen LogP contribution in [0.1, 0.15) is 51.9 Å². The summed E-state index contributed by atoms with van der Waals surface area (Å²) in [6.45, 7) is 3.06. The molecule has 0 bridgehead atoms. The molecule has 0 aromatic carbocycles. The van der Waals surface area contributed by atoms with Crippen molar-refractivity contribution in [3.05, 3.63) is 0 Å². The summed E-state index contributed by atoms with van der Waals surface area (Å²) < 4.78 is 4.56. The zero-order valence-electron chi connectivity index (χ0n) is 10.7. The van der Waals surface area contributed by atoms with E-state index in [0.717, 1.165) is 38.5 Å². The van der Waals surface area contributed by atoms with Crippen molar-refractivity contribution in [3.63, 3.8) is 0 Å². The molecule has 100 valence electrons. The van der Waals surface area contributed by atoms with Crippen LogP contribution in [0.5, 0.6) is 0 Å². The van der Waals surface area contributed by atoms with Crippen molar-refractivity contribution in [3.8, 4) is 0 Å². The number of Topliss-reactive ketones (excluding diaryl/α,β-unsaturated/α-hetero) is 1. The average Bonchev–Trinajstić information content (AvgIpc) is 2.33. The van der Waals surface area contributed by atoms with E-state index in [1.807, 2.05) is 6.92 Å². The molecule has 0 aliphatic carbocycles. The van der Waals surface area contributed by atoms with Gasteiger partial charge in [0.1, 0.15) is 5.78 Å². The van der Waals surface area contributed by atoms with Gasteiger partial charge in [0.15, 0.2) is 0 Å². The molecule has 0 radical (unpaired) electrons. The lowest BCUT2D eigenvalue weighted by atomic mass is 9.96. The topological polar surface area (TPSA) is 63.6 Å². The van der Waals surface area contributed by atoms with E-state index < -0.39 is 0 Å². The van der Waals surface area contributed by atoms with Gasteiger partial charge in [0.2, 0.25) is 0 Å². The first-order valence-electron chi connectivity index (χ1n) is 6.41. The molecule has 0 amide bonds. The number of carbonyl (C=O) groups is 2. The number of ether oxygens (including phenoxy) is 1. The number of unbranched alkanes of at least 4 members (excludes halogenated alkanes) is 3. The maximum atomic E-state index is 11.7. The fourth-order valence-electron chi connectivity index (χ4n) is 1.68. The summed E-state index contributed by atoms with van der Waals surface area (Å²) in [5.74, 6) is 0.409. The van der Waals surface area contributed by atoms with Crippen LogP contribution in [0.25, 0.3) is 0 Å². The van der Waals surface area contributed by atoms with E-state index in [9.17, 15) is 9.59 Å². The van der Waals surface area contributed by atoms with Crippen LogP contribution in [0, 0.1) is 5.92 Å². The van der Waals surface area contributed by atoms with E-state index >= 15 is 0 Å². The third-order valence-corrected chi connectivity index (χ3v) is 2.85. The summed E-state index contributed by atoms with van der Waals surface area (Å²) >= 11 is 0. The fourth-order valence-corrected chi connectivity index (χ4v) is 1.68. The van der Waals surface area contributed by atoms with Gasteiger partial charge in [0.25, 0.3) is 6.47 Å². The van der Waals surface area contributed by atoms with Crippen molar-refractivity contribution in [2.45, 2.75) is 51.9 Å². The van der Waals surface area contributed by atoms with Crippen molar-refractivity contribution >= 4 is 12.3 Å². The van der Waals surface area contributed by atoms with Crippen LogP contribution in [-0.4, -0.2) is 30.6 Å². The molecule has 0 aromatic heterocycles. The Morgan fingerprint density at radius 2 is 2.00 bits per heavy atom. The van der Waals surface area contributed by atoms with Crippen LogP contribution < -0.4 is 0 Å². The maximum Gasteiger partial charge on any atom is 0.293 e. The summed E-state index contributed by atoms with van der Waals surface area (Å²) in [5.41, 5.74) is 0. The van der Waals surface area contributed by atoms with Crippen molar-refractivity contribution in [1.29, 1.82) is 0 Å². The molecule has 0 rings (SSSR count). The van der Waals surface area contributed by atoms with E-state index in [0.29, 0.717) is 25.3 Å². The summed E-state index contributed by atoms with van der Waals surface area (Å²) in [4.78, 5) is 21.5. The molecule has 0 aromatic rings. The van der Waals surface area contributed by atoms with Crippen molar-refractivity contribution in [1.82, 2.24) is 0 Å². The summed E-state index contributed by atoms with van der Waals surface area (Å²) in [6.07, 6.45) is 5.78. The molecular weight excluding hydrogens is 220 g/mol. The van der Waals surface area contributed by atoms with Gasteiger partial charge in [0, 0.05) is 18.9 Å². The molecule has 0 saturated heterocycles. The van der Waals surface area contributed by atoms with Gasteiger partial charge < -0.3 is 9.84 Å². The average molecular weight is 244 g/mol. The molecule has 0 heterocycles. The number of hydrogen-bond donors (Lipinski definition) is 1. The van der Waals surface area contributed by atoms with Crippen molar-refractivity contribution in [2.24, 2.45) is 5.92 Å². The van der Waals surface area contributed by atoms with Gasteiger partial charge in [-0.25, -0.2) is 0 Å². The predicted molar refractivity (Wildman–Crippen MR) is 65.6 cm³/mol. The van der Waals surface area contributed by atoms with Crippen LogP contribution in [0.2, 0.25) is 0 Å². The highest BCUT2D eigenvalue weighted by Crippen LogP contribution is 2.13.